The lowest BCUT2D eigenvalue weighted by Crippen LogP contribution is -2.30. The minimum absolute atomic E-state index is 0.0668. The number of hydrogen-bond donors (Lipinski definition) is 3. The van der Waals surface area contributed by atoms with Crippen molar-refractivity contribution in [1.29, 1.82) is 0 Å². The van der Waals surface area contributed by atoms with Crippen LogP contribution in [0.2, 0.25) is 0 Å². The van der Waals surface area contributed by atoms with Gasteiger partial charge in [-0.1, -0.05) is 0 Å². The van der Waals surface area contributed by atoms with Crippen LogP contribution < -0.4 is 16.4 Å². The molecule has 0 aliphatic rings. The molecule has 100 valence electrons. The molecule has 19 heavy (non-hydrogen) atoms. The van der Waals surface area contributed by atoms with E-state index < -0.39 is 0 Å². The summed E-state index contributed by atoms with van der Waals surface area (Å²) in [5, 5.41) is 5.44. The van der Waals surface area contributed by atoms with E-state index in [1.807, 2.05) is 6.92 Å². The Morgan fingerprint density at radius 2 is 2.26 bits per heavy atom. The number of nitrogens with two attached hydrogens (primary N) is 1. The van der Waals surface area contributed by atoms with Gasteiger partial charge >= 0.3 is 0 Å². The summed E-state index contributed by atoms with van der Waals surface area (Å²) in [4.78, 5) is 27.2. The molecule has 2 rings (SSSR count). The predicted molar refractivity (Wildman–Crippen MR) is 68.5 cm³/mol. The topological polar surface area (TPSA) is 124 Å². The predicted octanol–water partition coefficient (Wildman–Crippen LogP) is -0.812. The fraction of sp³-hybridized carbons (Fsp3) is 0.300. The number of nitrogens with one attached hydrogen (secondary N) is 2. The van der Waals surface area contributed by atoms with Crippen molar-refractivity contribution < 1.29 is 4.79 Å². The standard InChI is InChI=1S/C10H14N8O/c1-2-13-7(19)5-14-9-15-8(11)16-10(17-9)18-4-3-12-6-18/h3-4,6H,2,5H2,1H3,(H,13,19)(H3,11,14,15,16,17). The first-order chi connectivity index (χ1) is 9.19. The second kappa shape index (κ2) is 5.76. The molecule has 9 nitrogen and oxygen atoms in total. The lowest BCUT2D eigenvalue weighted by molar-refractivity contribution is -0.119. The SMILES string of the molecule is CCNC(=O)CNc1nc(N)nc(-n2ccnc2)n1. The van der Waals surface area contributed by atoms with Crippen molar-refractivity contribution >= 4 is 17.8 Å². The number of likely N-dealkylation sites (N-methyl/N-ethyl adjacent to an activating group) is 1. The van der Waals surface area contributed by atoms with Crippen molar-refractivity contribution in [3.8, 4) is 5.95 Å². The smallest absolute Gasteiger partial charge is 0.241 e. The number of carbonyl (C=O) groups is 1. The van der Waals surface area contributed by atoms with Crippen LogP contribution in [0.1, 0.15) is 6.92 Å². The van der Waals surface area contributed by atoms with E-state index in [4.69, 9.17) is 5.73 Å². The summed E-state index contributed by atoms with van der Waals surface area (Å²) >= 11 is 0. The molecule has 0 aromatic carbocycles. The minimum Gasteiger partial charge on any atom is -0.368 e. The van der Waals surface area contributed by atoms with Gasteiger partial charge in [0.25, 0.3) is 0 Å². The Balaban J connectivity index is 2.11. The summed E-state index contributed by atoms with van der Waals surface area (Å²) in [6.07, 6.45) is 4.83. The van der Waals surface area contributed by atoms with Crippen LogP contribution in [-0.2, 0) is 4.79 Å². The monoisotopic (exact) mass is 262 g/mol. The quantitative estimate of drug-likeness (QED) is 0.643. The third-order valence-corrected chi connectivity index (χ3v) is 2.16. The number of amides is 1. The van der Waals surface area contributed by atoms with Crippen molar-refractivity contribution in [3.05, 3.63) is 18.7 Å². The molecule has 2 aromatic rings. The molecule has 1 amide bonds. The first-order valence-corrected chi connectivity index (χ1v) is 5.69. The molecule has 0 unspecified atom stereocenters. The van der Waals surface area contributed by atoms with Crippen LogP contribution in [0.4, 0.5) is 11.9 Å². The third-order valence-electron chi connectivity index (χ3n) is 2.16. The normalized spacial score (nSPS) is 10.2. The van der Waals surface area contributed by atoms with Crippen molar-refractivity contribution in [1.82, 2.24) is 29.8 Å². The molecule has 0 saturated heterocycles. The summed E-state index contributed by atoms with van der Waals surface area (Å²) in [6, 6.07) is 0. The van der Waals surface area contributed by atoms with E-state index in [1.54, 1.807) is 23.3 Å². The van der Waals surface area contributed by atoms with E-state index in [9.17, 15) is 4.79 Å². The molecule has 0 bridgehead atoms. The fourth-order valence-corrected chi connectivity index (χ4v) is 1.37. The third kappa shape index (κ3) is 3.37. The van der Waals surface area contributed by atoms with Crippen molar-refractivity contribution in [2.24, 2.45) is 0 Å². The fourth-order valence-electron chi connectivity index (χ4n) is 1.37. The van der Waals surface area contributed by atoms with Gasteiger partial charge in [0.2, 0.25) is 23.8 Å². The van der Waals surface area contributed by atoms with Gasteiger partial charge in [-0.2, -0.15) is 15.0 Å². The Morgan fingerprint density at radius 3 is 2.95 bits per heavy atom. The Bertz CT molecular complexity index is 553. The molecule has 0 radical (unpaired) electrons. The number of nitrogen functional groups attached to an aromatic ring is 1. The molecule has 2 aromatic heterocycles. The van der Waals surface area contributed by atoms with Gasteiger partial charge in [0.15, 0.2) is 0 Å². The first-order valence-electron chi connectivity index (χ1n) is 5.69. The number of hydrogen-bond acceptors (Lipinski definition) is 7. The molecule has 0 aliphatic heterocycles. The summed E-state index contributed by atoms with van der Waals surface area (Å²) in [6.45, 7) is 2.48. The van der Waals surface area contributed by atoms with Gasteiger partial charge in [0.05, 0.1) is 6.54 Å². The molecule has 9 heteroatoms. The van der Waals surface area contributed by atoms with Gasteiger partial charge in [0, 0.05) is 18.9 Å². The highest BCUT2D eigenvalue weighted by Gasteiger charge is 2.07. The summed E-state index contributed by atoms with van der Waals surface area (Å²) in [5.41, 5.74) is 5.59. The number of carbonyl (C=O) groups excluding carboxylic acids is 1. The zero-order chi connectivity index (χ0) is 13.7. The Kier molecular flexibility index (Phi) is 3.86. The van der Waals surface area contributed by atoms with E-state index in [1.165, 1.54) is 0 Å². The van der Waals surface area contributed by atoms with Crippen LogP contribution in [0.5, 0.6) is 0 Å². The summed E-state index contributed by atoms with van der Waals surface area (Å²) < 4.78 is 1.59. The maximum absolute atomic E-state index is 11.3. The largest absolute Gasteiger partial charge is 0.368 e. The minimum atomic E-state index is -0.148. The lowest BCUT2D eigenvalue weighted by Gasteiger charge is -2.07. The highest BCUT2D eigenvalue weighted by Crippen LogP contribution is 2.06. The van der Waals surface area contributed by atoms with Gasteiger partial charge in [0.1, 0.15) is 6.33 Å². The van der Waals surface area contributed by atoms with Crippen LogP contribution in [0.3, 0.4) is 0 Å². The van der Waals surface area contributed by atoms with Gasteiger partial charge < -0.3 is 16.4 Å². The molecular formula is C10H14N8O. The molecule has 2 heterocycles. The number of nitrogens with zero attached hydrogens (tertiary/aromatic N) is 5. The number of anilines is 2. The molecular weight excluding hydrogens is 248 g/mol. The van der Waals surface area contributed by atoms with E-state index in [0.717, 1.165) is 0 Å². The van der Waals surface area contributed by atoms with Crippen LogP contribution in [-0.4, -0.2) is 43.5 Å². The number of aromatic nitrogens is 5. The van der Waals surface area contributed by atoms with Gasteiger partial charge in [-0.05, 0) is 6.92 Å². The maximum Gasteiger partial charge on any atom is 0.241 e. The maximum atomic E-state index is 11.3. The van der Waals surface area contributed by atoms with Crippen molar-refractivity contribution in [2.45, 2.75) is 6.92 Å². The van der Waals surface area contributed by atoms with E-state index in [0.29, 0.717) is 12.5 Å². The van der Waals surface area contributed by atoms with Crippen LogP contribution in [0.25, 0.3) is 5.95 Å². The Labute approximate surface area is 109 Å². The summed E-state index contributed by atoms with van der Waals surface area (Å²) in [7, 11) is 0. The summed E-state index contributed by atoms with van der Waals surface area (Å²) in [5.74, 6) is 0.494. The van der Waals surface area contributed by atoms with Gasteiger partial charge in [-0.15, -0.1) is 0 Å². The van der Waals surface area contributed by atoms with Crippen molar-refractivity contribution in [3.63, 3.8) is 0 Å². The number of rotatable bonds is 5. The molecule has 0 spiro atoms. The van der Waals surface area contributed by atoms with E-state index in [2.05, 4.69) is 30.6 Å². The van der Waals surface area contributed by atoms with Crippen LogP contribution >= 0.6 is 0 Å². The highest BCUT2D eigenvalue weighted by atomic mass is 16.1. The van der Waals surface area contributed by atoms with Crippen LogP contribution in [0, 0.1) is 0 Å². The van der Waals surface area contributed by atoms with Gasteiger partial charge in [-0.3, -0.25) is 9.36 Å². The highest BCUT2D eigenvalue weighted by molar-refractivity contribution is 5.80. The number of imidazole rings is 1. The average Bonchev–Trinajstić information content (AvgIpc) is 2.90. The Hall–Kier alpha value is -2.71. The van der Waals surface area contributed by atoms with Crippen LogP contribution in [0.15, 0.2) is 18.7 Å². The first kappa shape index (κ1) is 12.7. The van der Waals surface area contributed by atoms with E-state index in [-0.39, 0.29) is 24.3 Å². The average molecular weight is 262 g/mol. The van der Waals surface area contributed by atoms with E-state index >= 15 is 0 Å². The molecule has 0 atom stereocenters. The zero-order valence-corrected chi connectivity index (χ0v) is 10.4. The molecule has 0 fully saturated rings. The molecule has 0 aliphatic carbocycles. The van der Waals surface area contributed by atoms with Crippen molar-refractivity contribution in [2.75, 3.05) is 24.1 Å². The lowest BCUT2D eigenvalue weighted by atomic mass is 10.5. The molecule has 4 N–H and O–H groups in total. The second-order valence-electron chi connectivity index (χ2n) is 3.59. The van der Waals surface area contributed by atoms with Gasteiger partial charge in [-0.25, -0.2) is 4.98 Å². The molecule has 0 saturated carbocycles. The zero-order valence-electron chi connectivity index (χ0n) is 10.4. The Morgan fingerprint density at radius 1 is 1.42 bits per heavy atom. The second-order valence-corrected chi connectivity index (χ2v) is 3.59.